The van der Waals surface area contributed by atoms with Gasteiger partial charge in [0.15, 0.2) is 0 Å². The third-order valence-corrected chi connectivity index (χ3v) is 2.75. The summed E-state index contributed by atoms with van der Waals surface area (Å²) in [6.45, 7) is 6.83. The fraction of sp³-hybridized carbons (Fsp3) is 0.857. The fourth-order valence-corrected chi connectivity index (χ4v) is 1.85. The van der Waals surface area contributed by atoms with Crippen molar-refractivity contribution in [3.05, 3.63) is 12.2 Å². The highest BCUT2D eigenvalue weighted by atomic mass is 14.1. The smallest absolute Gasteiger partial charge is 0.0322 e. The third kappa shape index (κ3) is 8.34. The van der Waals surface area contributed by atoms with Crippen molar-refractivity contribution in [1.82, 2.24) is 0 Å². The second kappa shape index (κ2) is 10.8. The highest BCUT2D eigenvalue weighted by Gasteiger charge is 2.04. The van der Waals surface area contributed by atoms with Gasteiger partial charge in [0.05, 0.1) is 0 Å². The van der Waals surface area contributed by atoms with E-state index >= 15 is 0 Å². The van der Waals surface area contributed by atoms with Crippen molar-refractivity contribution in [3.8, 4) is 0 Å². The van der Waals surface area contributed by atoms with Crippen molar-refractivity contribution in [2.75, 3.05) is 0 Å². The molecule has 84 valence electrons. The normalized spacial score (nSPS) is 13.6. The lowest BCUT2D eigenvalue weighted by Gasteiger charge is -2.12. The number of rotatable bonds is 9. The zero-order chi connectivity index (χ0) is 10.6. The molecule has 0 aromatic carbocycles. The first-order valence-electron chi connectivity index (χ1n) is 6.50. The van der Waals surface area contributed by atoms with Gasteiger partial charge in [-0.2, -0.15) is 0 Å². The van der Waals surface area contributed by atoms with E-state index in [4.69, 9.17) is 0 Å². The zero-order valence-corrected chi connectivity index (χ0v) is 10.4. The van der Waals surface area contributed by atoms with E-state index < -0.39 is 0 Å². The Morgan fingerprint density at radius 1 is 0.857 bits per heavy atom. The van der Waals surface area contributed by atoms with E-state index in [2.05, 4.69) is 32.9 Å². The Labute approximate surface area is 90.8 Å². The molecule has 0 saturated heterocycles. The van der Waals surface area contributed by atoms with E-state index in [0.717, 1.165) is 5.92 Å². The van der Waals surface area contributed by atoms with Gasteiger partial charge in [0, 0.05) is 0 Å². The van der Waals surface area contributed by atoms with Crippen molar-refractivity contribution in [2.45, 2.75) is 72.1 Å². The molecule has 0 bridgehead atoms. The van der Waals surface area contributed by atoms with Crippen LogP contribution in [0.5, 0.6) is 0 Å². The van der Waals surface area contributed by atoms with Crippen molar-refractivity contribution in [3.63, 3.8) is 0 Å². The minimum Gasteiger partial charge on any atom is -0.0885 e. The molecular weight excluding hydrogens is 168 g/mol. The standard InChI is InChI=1S/C14H28/c1-4-7-9-10-13-14(11-6-3)12-8-5-2/h9-10,14H,4-8,11-13H2,1-3H3. The Morgan fingerprint density at radius 3 is 2.21 bits per heavy atom. The molecule has 1 unspecified atom stereocenters. The Balaban J connectivity index is 3.60. The summed E-state index contributed by atoms with van der Waals surface area (Å²) < 4.78 is 0. The maximum absolute atomic E-state index is 2.40. The van der Waals surface area contributed by atoms with Gasteiger partial charge in [-0.3, -0.25) is 0 Å². The van der Waals surface area contributed by atoms with Crippen LogP contribution in [0.4, 0.5) is 0 Å². The van der Waals surface area contributed by atoms with Crippen LogP contribution in [0, 0.1) is 5.92 Å². The average molecular weight is 196 g/mol. The number of allylic oxidation sites excluding steroid dienone is 2. The van der Waals surface area contributed by atoms with Crippen LogP contribution in [0.25, 0.3) is 0 Å². The molecule has 0 nitrogen and oxygen atoms in total. The summed E-state index contributed by atoms with van der Waals surface area (Å²) in [7, 11) is 0. The molecule has 0 heteroatoms. The topological polar surface area (TPSA) is 0 Å². The molecule has 0 aromatic rings. The maximum Gasteiger partial charge on any atom is -0.0322 e. The molecule has 0 N–H and O–H groups in total. The van der Waals surface area contributed by atoms with Gasteiger partial charge in [-0.25, -0.2) is 0 Å². The van der Waals surface area contributed by atoms with Crippen molar-refractivity contribution in [1.29, 1.82) is 0 Å². The number of hydrogen-bond donors (Lipinski definition) is 0. The lowest BCUT2D eigenvalue weighted by molar-refractivity contribution is 0.433. The summed E-state index contributed by atoms with van der Waals surface area (Å²) in [5.41, 5.74) is 0. The summed E-state index contributed by atoms with van der Waals surface area (Å²) in [5.74, 6) is 0.952. The molecule has 0 radical (unpaired) electrons. The minimum atomic E-state index is 0.952. The summed E-state index contributed by atoms with van der Waals surface area (Å²) in [4.78, 5) is 0. The molecule has 0 heterocycles. The molecule has 1 atom stereocenters. The molecule has 0 amide bonds. The predicted octanol–water partition coefficient (Wildman–Crippen LogP) is 5.34. The first-order valence-corrected chi connectivity index (χ1v) is 6.50. The zero-order valence-electron chi connectivity index (χ0n) is 10.4. The van der Waals surface area contributed by atoms with Gasteiger partial charge in [0.25, 0.3) is 0 Å². The predicted molar refractivity (Wildman–Crippen MR) is 66.6 cm³/mol. The van der Waals surface area contributed by atoms with Crippen LogP contribution in [0.1, 0.15) is 72.1 Å². The maximum atomic E-state index is 2.40. The first kappa shape index (κ1) is 13.7. The molecule has 0 saturated carbocycles. The van der Waals surface area contributed by atoms with E-state index in [1.807, 2.05) is 0 Å². The highest BCUT2D eigenvalue weighted by molar-refractivity contribution is 4.83. The molecule has 0 rings (SSSR count). The molecule has 0 spiro atoms. The van der Waals surface area contributed by atoms with E-state index in [9.17, 15) is 0 Å². The average Bonchev–Trinajstić information content (AvgIpc) is 2.20. The molecule has 0 aliphatic heterocycles. The number of hydrogen-bond acceptors (Lipinski definition) is 0. The lowest BCUT2D eigenvalue weighted by Crippen LogP contribution is -1.98. The quantitative estimate of drug-likeness (QED) is 0.437. The Bertz CT molecular complexity index is 124. The Kier molecular flexibility index (Phi) is 10.6. The van der Waals surface area contributed by atoms with Gasteiger partial charge in [-0.15, -0.1) is 0 Å². The second-order valence-corrected chi connectivity index (χ2v) is 4.29. The monoisotopic (exact) mass is 196 g/mol. The Morgan fingerprint density at radius 2 is 1.64 bits per heavy atom. The first-order chi connectivity index (χ1) is 6.85. The van der Waals surface area contributed by atoms with Crippen LogP contribution in [0.3, 0.4) is 0 Å². The van der Waals surface area contributed by atoms with Gasteiger partial charge >= 0.3 is 0 Å². The van der Waals surface area contributed by atoms with Crippen molar-refractivity contribution < 1.29 is 0 Å². The van der Waals surface area contributed by atoms with Gasteiger partial charge in [0.2, 0.25) is 0 Å². The molecule has 0 aliphatic rings. The van der Waals surface area contributed by atoms with Crippen molar-refractivity contribution >= 4 is 0 Å². The van der Waals surface area contributed by atoms with Crippen LogP contribution >= 0.6 is 0 Å². The van der Waals surface area contributed by atoms with Crippen LogP contribution in [0.2, 0.25) is 0 Å². The molecular formula is C14H28. The minimum absolute atomic E-state index is 0.952. The fourth-order valence-electron chi connectivity index (χ4n) is 1.85. The van der Waals surface area contributed by atoms with Gasteiger partial charge < -0.3 is 0 Å². The SMILES string of the molecule is CCCC=CCC(CCC)CCCC. The summed E-state index contributed by atoms with van der Waals surface area (Å²) >= 11 is 0. The summed E-state index contributed by atoms with van der Waals surface area (Å²) in [5, 5.41) is 0. The molecule has 0 aromatic heterocycles. The largest absolute Gasteiger partial charge is 0.0885 e. The highest BCUT2D eigenvalue weighted by Crippen LogP contribution is 2.19. The van der Waals surface area contributed by atoms with E-state index in [0.29, 0.717) is 0 Å². The third-order valence-electron chi connectivity index (χ3n) is 2.75. The lowest BCUT2D eigenvalue weighted by atomic mass is 9.93. The van der Waals surface area contributed by atoms with E-state index in [-0.39, 0.29) is 0 Å². The second-order valence-electron chi connectivity index (χ2n) is 4.29. The summed E-state index contributed by atoms with van der Waals surface area (Å²) in [6.07, 6.45) is 15.6. The van der Waals surface area contributed by atoms with Crippen LogP contribution < -0.4 is 0 Å². The Hall–Kier alpha value is -0.260. The van der Waals surface area contributed by atoms with Crippen molar-refractivity contribution in [2.24, 2.45) is 5.92 Å². The molecule has 0 fully saturated rings. The van der Waals surface area contributed by atoms with E-state index in [1.54, 1.807) is 0 Å². The van der Waals surface area contributed by atoms with Gasteiger partial charge in [0.1, 0.15) is 0 Å². The number of unbranched alkanes of at least 4 members (excludes halogenated alkanes) is 2. The van der Waals surface area contributed by atoms with Crippen LogP contribution in [-0.2, 0) is 0 Å². The molecule has 0 aliphatic carbocycles. The molecule has 14 heavy (non-hydrogen) atoms. The summed E-state index contributed by atoms with van der Waals surface area (Å²) in [6, 6.07) is 0. The van der Waals surface area contributed by atoms with Crippen LogP contribution in [0.15, 0.2) is 12.2 Å². The van der Waals surface area contributed by atoms with E-state index in [1.165, 1.54) is 51.4 Å². The van der Waals surface area contributed by atoms with Gasteiger partial charge in [-0.05, 0) is 18.8 Å². The van der Waals surface area contributed by atoms with Gasteiger partial charge in [-0.1, -0.05) is 71.4 Å². The van der Waals surface area contributed by atoms with Crippen LogP contribution in [-0.4, -0.2) is 0 Å².